The van der Waals surface area contributed by atoms with E-state index in [1.165, 1.54) is 16.7 Å². The van der Waals surface area contributed by atoms with Gasteiger partial charge in [-0.3, -0.25) is 0 Å². The Bertz CT molecular complexity index is 669. The van der Waals surface area contributed by atoms with Crippen LogP contribution in [0, 0.1) is 6.92 Å². The Morgan fingerprint density at radius 1 is 0.852 bits per heavy atom. The molecule has 0 aromatic heterocycles. The molecule has 0 amide bonds. The van der Waals surface area contributed by atoms with Gasteiger partial charge in [-0.2, -0.15) is 0 Å². The van der Waals surface area contributed by atoms with Gasteiger partial charge < -0.3 is 14.8 Å². The fourth-order valence-electron chi connectivity index (χ4n) is 2.90. The lowest BCUT2D eigenvalue weighted by Crippen LogP contribution is -2.18. The smallest absolute Gasteiger partial charge is 0.127 e. The Kier molecular flexibility index (Phi) is 9.78. The average molecular weight is 370 g/mol. The molecular weight excluding hydrogens is 334 g/mol. The van der Waals surface area contributed by atoms with Gasteiger partial charge in [0.15, 0.2) is 0 Å². The first kappa shape index (κ1) is 21.3. The lowest BCUT2D eigenvalue weighted by atomic mass is 10.1. The molecule has 2 aromatic carbocycles. The molecule has 0 aliphatic rings. The molecule has 0 aliphatic heterocycles. The number of unbranched alkanes of at least 4 members (excludes halogenated alkanes) is 2. The van der Waals surface area contributed by atoms with Gasteiger partial charge in [0, 0.05) is 18.2 Å². The summed E-state index contributed by atoms with van der Waals surface area (Å²) in [6.07, 6.45) is 5.46. The molecule has 2 aromatic rings. The van der Waals surface area contributed by atoms with Crippen LogP contribution in [0.15, 0.2) is 42.5 Å². The fraction of sp³-hybridized carbons (Fsp3) is 0.500. The van der Waals surface area contributed by atoms with Gasteiger partial charge in [0.2, 0.25) is 0 Å². The maximum Gasteiger partial charge on any atom is 0.127 e. The minimum Gasteiger partial charge on any atom is -0.493 e. The van der Waals surface area contributed by atoms with Gasteiger partial charge >= 0.3 is 0 Å². The van der Waals surface area contributed by atoms with Gasteiger partial charge in [0.1, 0.15) is 11.5 Å². The number of aryl methyl sites for hydroxylation is 1. The summed E-state index contributed by atoms with van der Waals surface area (Å²) in [7, 11) is 0. The predicted molar refractivity (Wildman–Crippen MR) is 114 cm³/mol. The first-order chi connectivity index (χ1) is 13.2. The minimum absolute atomic E-state index is 0.755. The average Bonchev–Trinajstić information content (AvgIpc) is 2.68. The van der Waals surface area contributed by atoms with E-state index in [1.54, 1.807) is 0 Å². The second-order valence-electron chi connectivity index (χ2n) is 7.03. The second kappa shape index (κ2) is 12.4. The molecule has 3 heteroatoms. The van der Waals surface area contributed by atoms with Crippen molar-refractivity contribution in [3.63, 3.8) is 0 Å². The Labute approximate surface area is 165 Å². The summed E-state index contributed by atoms with van der Waals surface area (Å²) in [6.45, 7) is 9.81. The molecular formula is C24H35NO2. The molecule has 0 saturated carbocycles. The molecule has 2 rings (SSSR count). The molecule has 1 N–H and O–H groups in total. The number of benzene rings is 2. The summed E-state index contributed by atoms with van der Waals surface area (Å²) in [4.78, 5) is 0. The van der Waals surface area contributed by atoms with Crippen molar-refractivity contribution in [2.75, 3.05) is 19.8 Å². The summed E-state index contributed by atoms with van der Waals surface area (Å²) in [6, 6.07) is 14.8. The summed E-state index contributed by atoms with van der Waals surface area (Å²) in [5.74, 6) is 1.85. The van der Waals surface area contributed by atoms with Crippen molar-refractivity contribution in [1.82, 2.24) is 5.32 Å². The molecule has 0 heterocycles. The molecule has 0 saturated heterocycles. The van der Waals surface area contributed by atoms with Crippen LogP contribution in [0.1, 0.15) is 56.2 Å². The Balaban J connectivity index is 1.91. The second-order valence-corrected chi connectivity index (χ2v) is 7.03. The Morgan fingerprint density at radius 2 is 1.59 bits per heavy atom. The van der Waals surface area contributed by atoms with Crippen LogP contribution in [0.4, 0.5) is 0 Å². The zero-order valence-electron chi connectivity index (χ0n) is 17.2. The van der Waals surface area contributed by atoms with Crippen LogP contribution in [0.3, 0.4) is 0 Å². The zero-order valence-corrected chi connectivity index (χ0v) is 17.2. The summed E-state index contributed by atoms with van der Waals surface area (Å²) in [5.41, 5.74) is 3.96. The highest BCUT2D eigenvalue weighted by atomic mass is 16.5. The Hall–Kier alpha value is -2.00. The predicted octanol–water partition coefficient (Wildman–Crippen LogP) is 5.69. The lowest BCUT2D eigenvalue weighted by Gasteiger charge is -2.15. The van der Waals surface area contributed by atoms with Crippen molar-refractivity contribution in [1.29, 1.82) is 0 Å². The normalized spacial score (nSPS) is 10.8. The van der Waals surface area contributed by atoms with E-state index >= 15 is 0 Å². The number of hydrogen-bond donors (Lipinski definition) is 1. The molecule has 0 aliphatic carbocycles. The minimum atomic E-state index is 0.755. The maximum atomic E-state index is 6.04. The zero-order chi connectivity index (χ0) is 19.3. The molecule has 27 heavy (non-hydrogen) atoms. The van der Waals surface area contributed by atoms with E-state index in [9.17, 15) is 0 Å². The van der Waals surface area contributed by atoms with E-state index in [-0.39, 0.29) is 0 Å². The van der Waals surface area contributed by atoms with E-state index < -0.39 is 0 Å². The van der Waals surface area contributed by atoms with Crippen molar-refractivity contribution in [3.8, 4) is 11.5 Å². The van der Waals surface area contributed by atoms with Crippen molar-refractivity contribution in [2.45, 2.75) is 59.4 Å². The third-order valence-corrected chi connectivity index (χ3v) is 4.71. The highest BCUT2D eigenvalue weighted by Gasteiger charge is 2.07. The standard InChI is InChI=1S/C24H35NO2/c1-4-6-16-26-23-13-12-22(24(18-23)27-17-7-5-2)19-25-15-14-21-11-9-8-10-20(21)3/h8-13,18,25H,4-7,14-17,19H2,1-3H3. The number of nitrogens with one attached hydrogen (secondary N) is 1. The first-order valence-corrected chi connectivity index (χ1v) is 10.4. The van der Waals surface area contributed by atoms with E-state index in [0.29, 0.717) is 0 Å². The number of rotatable bonds is 13. The monoisotopic (exact) mass is 369 g/mol. The van der Waals surface area contributed by atoms with E-state index in [4.69, 9.17) is 9.47 Å². The van der Waals surface area contributed by atoms with Crippen LogP contribution < -0.4 is 14.8 Å². The van der Waals surface area contributed by atoms with Crippen LogP contribution in [0.5, 0.6) is 11.5 Å². The molecule has 0 fully saturated rings. The van der Waals surface area contributed by atoms with Crippen LogP contribution in [-0.2, 0) is 13.0 Å². The van der Waals surface area contributed by atoms with E-state index in [1.807, 2.05) is 6.07 Å². The van der Waals surface area contributed by atoms with Gasteiger partial charge in [0.25, 0.3) is 0 Å². The first-order valence-electron chi connectivity index (χ1n) is 10.4. The highest BCUT2D eigenvalue weighted by Crippen LogP contribution is 2.25. The molecule has 148 valence electrons. The SMILES string of the molecule is CCCCOc1ccc(CNCCc2ccccc2C)c(OCCCC)c1. The van der Waals surface area contributed by atoms with Crippen molar-refractivity contribution >= 4 is 0 Å². The molecule has 0 radical (unpaired) electrons. The van der Waals surface area contributed by atoms with E-state index in [0.717, 1.165) is 69.9 Å². The van der Waals surface area contributed by atoms with Crippen molar-refractivity contribution in [2.24, 2.45) is 0 Å². The van der Waals surface area contributed by atoms with Gasteiger partial charge in [-0.1, -0.05) is 57.0 Å². The van der Waals surface area contributed by atoms with Crippen LogP contribution in [0.2, 0.25) is 0 Å². The molecule has 0 spiro atoms. The van der Waals surface area contributed by atoms with Gasteiger partial charge in [-0.25, -0.2) is 0 Å². The molecule has 0 unspecified atom stereocenters. The molecule has 0 bridgehead atoms. The summed E-state index contributed by atoms with van der Waals surface area (Å²) in [5, 5.41) is 3.56. The quantitative estimate of drug-likeness (QED) is 0.460. The largest absolute Gasteiger partial charge is 0.493 e. The summed E-state index contributed by atoms with van der Waals surface area (Å²) >= 11 is 0. The van der Waals surface area contributed by atoms with Crippen molar-refractivity contribution in [3.05, 3.63) is 59.2 Å². The third-order valence-electron chi connectivity index (χ3n) is 4.71. The third kappa shape index (κ3) is 7.64. The highest BCUT2D eigenvalue weighted by molar-refractivity contribution is 5.40. The van der Waals surface area contributed by atoms with Crippen LogP contribution >= 0.6 is 0 Å². The number of hydrogen-bond acceptors (Lipinski definition) is 3. The van der Waals surface area contributed by atoms with Crippen LogP contribution in [0.25, 0.3) is 0 Å². The van der Waals surface area contributed by atoms with Gasteiger partial charge in [0.05, 0.1) is 13.2 Å². The van der Waals surface area contributed by atoms with Crippen LogP contribution in [-0.4, -0.2) is 19.8 Å². The van der Waals surface area contributed by atoms with E-state index in [2.05, 4.69) is 62.5 Å². The number of ether oxygens (including phenoxy) is 2. The van der Waals surface area contributed by atoms with Gasteiger partial charge in [-0.05, 0) is 49.9 Å². The summed E-state index contributed by atoms with van der Waals surface area (Å²) < 4.78 is 11.9. The van der Waals surface area contributed by atoms with Crippen molar-refractivity contribution < 1.29 is 9.47 Å². The Morgan fingerprint density at radius 3 is 2.33 bits per heavy atom. The molecule has 3 nitrogen and oxygen atoms in total. The topological polar surface area (TPSA) is 30.5 Å². The molecule has 0 atom stereocenters. The van der Waals surface area contributed by atoms with Gasteiger partial charge in [-0.15, -0.1) is 0 Å². The maximum absolute atomic E-state index is 6.04. The lowest BCUT2D eigenvalue weighted by molar-refractivity contribution is 0.291. The fourth-order valence-corrected chi connectivity index (χ4v) is 2.90.